The van der Waals surface area contributed by atoms with Crippen LogP contribution < -0.4 is 5.32 Å². The standard InChI is InChI=1S/C13H17N3O3S/c1-4-15-13(17)16(5-2)20(18,19)12-8-6-7-10(3)11(12)9-14/h6-8H,4-5H2,1-3H3,(H,15,17). The Bertz CT molecular complexity index is 647. The minimum atomic E-state index is -4.04. The largest absolute Gasteiger partial charge is 0.337 e. The third-order valence-corrected chi connectivity index (χ3v) is 4.66. The van der Waals surface area contributed by atoms with Gasteiger partial charge in [0.05, 0.1) is 5.56 Å². The SMILES string of the molecule is CCNC(=O)N(CC)S(=O)(=O)c1cccc(C)c1C#N. The first-order chi connectivity index (χ1) is 9.39. The van der Waals surface area contributed by atoms with Crippen molar-refractivity contribution < 1.29 is 13.2 Å². The van der Waals surface area contributed by atoms with Crippen molar-refractivity contribution >= 4 is 16.1 Å². The van der Waals surface area contributed by atoms with E-state index in [4.69, 9.17) is 5.26 Å². The molecule has 0 aromatic heterocycles. The second-order valence-electron chi connectivity index (χ2n) is 4.07. The first kappa shape index (κ1) is 16.0. The smallest absolute Gasteiger partial charge is 0.331 e. The van der Waals surface area contributed by atoms with E-state index in [-0.39, 0.29) is 17.0 Å². The summed E-state index contributed by atoms with van der Waals surface area (Å²) < 4.78 is 25.8. The van der Waals surface area contributed by atoms with Crippen LogP contribution in [0, 0.1) is 18.3 Å². The molecule has 0 saturated heterocycles. The van der Waals surface area contributed by atoms with Gasteiger partial charge in [0.1, 0.15) is 11.0 Å². The molecule has 0 unspecified atom stereocenters. The summed E-state index contributed by atoms with van der Waals surface area (Å²) in [5.74, 6) is 0. The van der Waals surface area contributed by atoms with Gasteiger partial charge in [-0.1, -0.05) is 12.1 Å². The highest BCUT2D eigenvalue weighted by atomic mass is 32.2. The van der Waals surface area contributed by atoms with Gasteiger partial charge in [-0.05, 0) is 32.4 Å². The van der Waals surface area contributed by atoms with Gasteiger partial charge in [0.25, 0.3) is 10.0 Å². The number of hydrogen-bond acceptors (Lipinski definition) is 4. The Labute approximate surface area is 119 Å². The van der Waals surface area contributed by atoms with Gasteiger partial charge in [-0.25, -0.2) is 17.5 Å². The molecule has 0 fully saturated rings. The zero-order valence-electron chi connectivity index (χ0n) is 11.7. The number of nitriles is 1. The number of nitrogens with zero attached hydrogens (tertiary/aromatic N) is 2. The Morgan fingerprint density at radius 1 is 1.40 bits per heavy atom. The lowest BCUT2D eigenvalue weighted by Gasteiger charge is -2.21. The maximum Gasteiger partial charge on any atom is 0.331 e. The molecule has 0 spiro atoms. The minimum Gasteiger partial charge on any atom is -0.337 e. The van der Waals surface area contributed by atoms with Gasteiger partial charge in [-0.2, -0.15) is 5.26 Å². The van der Waals surface area contributed by atoms with E-state index in [1.54, 1.807) is 32.9 Å². The van der Waals surface area contributed by atoms with E-state index in [1.165, 1.54) is 6.07 Å². The summed E-state index contributed by atoms with van der Waals surface area (Å²) in [4.78, 5) is 11.7. The molecular weight excluding hydrogens is 278 g/mol. The highest BCUT2D eigenvalue weighted by Crippen LogP contribution is 2.22. The van der Waals surface area contributed by atoms with Crippen molar-refractivity contribution in [1.82, 2.24) is 9.62 Å². The average Bonchev–Trinajstić information content (AvgIpc) is 2.39. The topological polar surface area (TPSA) is 90.3 Å². The Morgan fingerprint density at radius 2 is 2.05 bits per heavy atom. The fourth-order valence-corrected chi connectivity index (χ4v) is 3.36. The maximum atomic E-state index is 12.5. The van der Waals surface area contributed by atoms with Gasteiger partial charge in [-0.3, -0.25) is 0 Å². The van der Waals surface area contributed by atoms with Crippen molar-refractivity contribution in [2.24, 2.45) is 0 Å². The lowest BCUT2D eigenvalue weighted by Crippen LogP contribution is -2.43. The Morgan fingerprint density at radius 3 is 2.55 bits per heavy atom. The third-order valence-electron chi connectivity index (χ3n) is 2.76. The second kappa shape index (κ2) is 6.39. The van der Waals surface area contributed by atoms with Gasteiger partial charge >= 0.3 is 6.03 Å². The number of sulfonamides is 1. The van der Waals surface area contributed by atoms with Crippen LogP contribution in [0.1, 0.15) is 25.0 Å². The maximum absolute atomic E-state index is 12.5. The van der Waals surface area contributed by atoms with E-state index in [1.807, 2.05) is 6.07 Å². The molecule has 1 aromatic carbocycles. The molecule has 20 heavy (non-hydrogen) atoms. The van der Waals surface area contributed by atoms with Crippen LogP contribution in [-0.2, 0) is 10.0 Å². The fourth-order valence-electron chi connectivity index (χ4n) is 1.78. The highest BCUT2D eigenvalue weighted by molar-refractivity contribution is 7.89. The van der Waals surface area contributed by atoms with Crippen molar-refractivity contribution in [2.75, 3.05) is 13.1 Å². The van der Waals surface area contributed by atoms with Crippen LogP contribution in [0.4, 0.5) is 4.79 Å². The summed E-state index contributed by atoms with van der Waals surface area (Å²) in [5.41, 5.74) is 0.621. The summed E-state index contributed by atoms with van der Waals surface area (Å²) in [6, 6.07) is 5.73. The molecule has 0 saturated carbocycles. The Balaban J connectivity index is 3.40. The zero-order valence-corrected chi connectivity index (χ0v) is 12.5. The summed E-state index contributed by atoms with van der Waals surface area (Å²) >= 11 is 0. The molecule has 0 radical (unpaired) electrons. The lowest BCUT2D eigenvalue weighted by molar-refractivity contribution is 0.225. The predicted octanol–water partition coefficient (Wildman–Crippen LogP) is 1.61. The number of hydrogen-bond donors (Lipinski definition) is 1. The van der Waals surface area contributed by atoms with Gasteiger partial charge in [0.2, 0.25) is 0 Å². The molecule has 1 rings (SSSR count). The first-order valence-corrected chi connectivity index (χ1v) is 7.64. The summed E-state index contributed by atoms with van der Waals surface area (Å²) in [7, 11) is -4.04. The quantitative estimate of drug-likeness (QED) is 0.913. The predicted molar refractivity (Wildman–Crippen MR) is 74.5 cm³/mol. The van der Waals surface area contributed by atoms with Crippen LogP contribution in [-0.4, -0.2) is 31.8 Å². The molecule has 0 aliphatic carbocycles. The van der Waals surface area contributed by atoms with Gasteiger partial charge in [0.15, 0.2) is 0 Å². The van der Waals surface area contributed by atoms with Crippen LogP contribution in [0.25, 0.3) is 0 Å². The van der Waals surface area contributed by atoms with Gasteiger partial charge in [-0.15, -0.1) is 0 Å². The van der Waals surface area contributed by atoms with Gasteiger partial charge < -0.3 is 5.32 Å². The second-order valence-corrected chi connectivity index (χ2v) is 5.90. The molecular formula is C13H17N3O3S. The normalized spacial score (nSPS) is 10.7. The molecule has 0 aliphatic heterocycles. The molecule has 6 nitrogen and oxygen atoms in total. The van der Waals surface area contributed by atoms with Crippen LogP contribution >= 0.6 is 0 Å². The van der Waals surface area contributed by atoms with Crippen LogP contribution in [0.2, 0.25) is 0 Å². The van der Waals surface area contributed by atoms with Crippen molar-refractivity contribution in [3.05, 3.63) is 29.3 Å². The number of nitrogens with one attached hydrogen (secondary N) is 1. The number of aryl methyl sites for hydroxylation is 1. The summed E-state index contributed by atoms with van der Waals surface area (Å²) in [5, 5.41) is 11.6. The first-order valence-electron chi connectivity index (χ1n) is 6.20. The van der Waals surface area contributed by atoms with E-state index in [0.29, 0.717) is 12.1 Å². The summed E-state index contributed by atoms with van der Waals surface area (Å²) in [6.07, 6.45) is 0. The highest BCUT2D eigenvalue weighted by Gasteiger charge is 2.30. The van der Waals surface area contributed by atoms with E-state index >= 15 is 0 Å². The molecule has 1 N–H and O–H groups in total. The molecule has 7 heteroatoms. The average molecular weight is 295 g/mol. The fraction of sp³-hybridized carbons (Fsp3) is 0.385. The third kappa shape index (κ3) is 2.91. The van der Waals surface area contributed by atoms with Crippen molar-refractivity contribution in [2.45, 2.75) is 25.7 Å². The number of amides is 2. The number of benzene rings is 1. The Hall–Kier alpha value is -2.07. The number of urea groups is 1. The lowest BCUT2D eigenvalue weighted by atomic mass is 10.1. The molecule has 1 aromatic rings. The zero-order chi connectivity index (χ0) is 15.3. The number of carbonyl (C=O) groups excluding carboxylic acids is 1. The molecule has 108 valence electrons. The van der Waals surface area contributed by atoms with Crippen molar-refractivity contribution in [1.29, 1.82) is 5.26 Å². The molecule has 0 heterocycles. The number of rotatable bonds is 4. The van der Waals surface area contributed by atoms with E-state index < -0.39 is 16.1 Å². The van der Waals surface area contributed by atoms with Crippen LogP contribution in [0.3, 0.4) is 0 Å². The number of carbonyl (C=O) groups is 1. The molecule has 2 amide bonds. The van der Waals surface area contributed by atoms with E-state index in [0.717, 1.165) is 4.31 Å². The molecule has 0 aliphatic rings. The Kier molecular flexibility index (Phi) is 5.11. The monoisotopic (exact) mass is 295 g/mol. The van der Waals surface area contributed by atoms with Gasteiger partial charge in [0, 0.05) is 13.1 Å². The van der Waals surface area contributed by atoms with E-state index in [2.05, 4.69) is 5.32 Å². The van der Waals surface area contributed by atoms with Crippen molar-refractivity contribution in [3.63, 3.8) is 0 Å². The van der Waals surface area contributed by atoms with E-state index in [9.17, 15) is 13.2 Å². The summed E-state index contributed by atoms with van der Waals surface area (Å²) in [6.45, 7) is 5.23. The molecule has 0 atom stereocenters. The van der Waals surface area contributed by atoms with Crippen LogP contribution in [0.5, 0.6) is 0 Å². The minimum absolute atomic E-state index is 0.00697. The van der Waals surface area contributed by atoms with Crippen LogP contribution in [0.15, 0.2) is 23.1 Å². The molecule has 0 bridgehead atoms. The van der Waals surface area contributed by atoms with Crippen molar-refractivity contribution in [3.8, 4) is 6.07 Å².